The fourth-order valence-corrected chi connectivity index (χ4v) is 1.35. The lowest BCUT2D eigenvalue weighted by Gasteiger charge is -2.17. The van der Waals surface area contributed by atoms with Crippen molar-refractivity contribution in [1.82, 2.24) is 4.90 Å². The van der Waals surface area contributed by atoms with Crippen molar-refractivity contribution in [2.24, 2.45) is 0 Å². The number of phenols is 2. The summed E-state index contributed by atoms with van der Waals surface area (Å²) in [6, 6.07) is 3.90. The zero-order chi connectivity index (χ0) is 12.8. The van der Waals surface area contributed by atoms with E-state index in [1.807, 2.05) is 6.92 Å². The monoisotopic (exact) mass is 239 g/mol. The molecule has 0 saturated carbocycles. The highest BCUT2D eigenvalue weighted by atomic mass is 16.5. The molecule has 0 fully saturated rings. The number of hydrogen-bond donors (Lipinski definition) is 2. The molecule has 0 aliphatic rings. The van der Waals surface area contributed by atoms with Gasteiger partial charge in [-0.15, -0.1) is 0 Å². The molecule has 0 aliphatic carbocycles. The largest absolute Gasteiger partial charge is 0.508 e. The molecule has 5 nitrogen and oxygen atoms in total. The van der Waals surface area contributed by atoms with Crippen molar-refractivity contribution >= 4 is 5.91 Å². The number of aromatic hydroxyl groups is 2. The van der Waals surface area contributed by atoms with E-state index in [0.717, 1.165) is 6.07 Å². The zero-order valence-corrected chi connectivity index (χ0v) is 10.0. The van der Waals surface area contributed by atoms with Gasteiger partial charge in [-0.05, 0) is 19.1 Å². The molecule has 0 atom stereocenters. The number of hydrogen-bond acceptors (Lipinski definition) is 4. The van der Waals surface area contributed by atoms with Crippen LogP contribution in [0.15, 0.2) is 18.2 Å². The average molecular weight is 239 g/mol. The van der Waals surface area contributed by atoms with Crippen molar-refractivity contribution in [3.05, 3.63) is 23.8 Å². The SMILES string of the molecule is CCOCCN(C)C(=O)c1ccc(O)cc1O. The number of ether oxygens (including phenoxy) is 1. The summed E-state index contributed by atoms with van der Waals surface area (Å²) in [6.07, 6.45) is 0. The molecule has 1 rings (SSSR count). The van der Waals surface area contributed by atoms with E-state index in [2.05, 4.69) is 0 Å². The molecule has 2 N–H and O–H groups in total. The summed E-state index contributed by atoms with van der Waals surface area (Å²) < 4.78 is 5.14. The lowest BCUT2D eigenvalue weighted by atomic mass is 10.1. The van der Waals surface area contributed by atoms with E-state index in [-0.39, 0.29) is 23.0 Å². The minimum atomic E-state index is -0.304. The van der Waals surface area contributed by atoms with Gasteiger partial charge >= 0.3 is 0 Å². The van der Waals surface area contributed by atoms with Gasteiger partial charge in [0.1, 0.15) is 11.5 Å². The smallest absolute Gasteiger partial charge is 0.257 e. The third-order valence-electron chi connectivity index (χ3n) is 2.33. The second-order valence-corrected chi connectivity index (χ2v) is 3.63. The highest BCUT2D eigenvalue weighted by Gasteiger charge is 2.15. The fourth-order valence-electron chi connectivity index (χ4n) is 1.35. The van der Waals surface area contributed by atoms with Crippen LogP contribution in [0.3, 0.4) is 0 Å². The van der Waals surface area contributed by atoms with Gasteiger partial charge in [-0.25, -0.2) is 0 Å². The molecular formula is C12H17NO4. The van der Waals surface area contributed by atoms with Crippen molar-refractivity contribution in [1.29, 1.82) is 0 Å². The molecule has 1 aromatic rings. The van der Waals surface area contributed by atoms with E-state index in [4.69, 9.17) is 9.84 Å². The van der Waals surface area contributed by atoms with Crippen LogP contribution in [0, 0.1) is 0 Å². The Labute approximate surface area is 100 Å². The van der Waals surface area contributed by atoms with Gasteiger partial charge in [-0.3, -0.25) is 4.79 Å². The minimum Gasteiger partial charge on any atom is -0.508 e. The molecule has 17 heavy (non-hydrogen) atoms. The molecule has 1 amide bonds. The molecule has 0 saturated heterocycles. The Hall–Kier alpha value is -1.75. The van der Waals surface area contributed by atoms with Crippen molar-refractivity contribution in [2.75, 3.05) is 26.8 Å². The maximum absolute atomic E-state index is 11.9. The maximum atomic E-state index is 11.9. The van der Waals surface area contributed by atoms with Gasteiger partial charge in [0, 0.05) is 26.3 Å². The Morgan fingerprint density at radius 3 is 2.71 bits per heavy atom. The average Bonchev–Trinajstić information content (AvgIpc) is 2.28. The first kappa shape index (κ1) is 13.3. The van der Waals surface area contributed by atoms with Crippen LogP contribution in [-0.4, -0.2) is 47.8 Å². The molecule has 0 aromatic heterocycles. The summed E-state index contributed by atoms with van der Waals surface area (Å²) in [5.41, 5.74) is 0.168. The van der Waals surface area contributed by atoms with E-state index in [1.54, 1.807) is 7.05 Å². The van der Waals surface area contributed by atoms with Crippen molar-refractivity contribution in [2.45, 2.75) is 6.92 Å². The van der Waals surface area contributed by atoms with E-state index in [9.17, 15) is 9.90 Å². The molecule has 0 bridgehead atoms. The van der Waals surface area contributed by atoms with Crippen LogP contribution in [0.4, 0.5) is 0 Å². The number of carbonyl (C=O) groups is 1. The number of nitrogens with zero attached hydrogens (tertiary/aromatic N) is 1. The van der Waals surface area contributed by atoms with Gasteiger partial charge in [0.05, 0.1) is 12.2 Å². The number of rotatable bonds is 5. The molecule has 1 aromatic carbocycles. The van der Waals surface area contributed by atoms with Crippen molar-refractivity contribution in [3.63, 3.8) is 0 Å². The van der Waals surface area contributed by atoms with Crippen LogP contribution in [0.5, 0.6) is 11.5 Å². The van der Waals surface area contributed by atoms with E-state index in [0.29, 0.717) is 19.8 Å². The third-order valence-corrected chi connectivity index (χ3v) is 2.33. The van der Waals surface area contributed by atoms with Crippen LogP contribution in [-0.2, 0) is 4.74 Å². The Morgan fingerprint density at radius 1 is 1.41 bits per heavy atom. The highest BCUT2D eigenvalue weighted by molar-refractivity contribution is 5.96. The fraction of sp³-hybridized carbons (Fsp3) is 0.417. The Bertz CT molecular complexity index is 392. The number of carbonyl (C=O) groups excluding carboxylic acids is 1. The van der Waals surface area contributed by atoms with E-state index >= 15 is 0 Å². The first-order valence-corrected chi connectivity index (χ1v) is 5.41. The highest BCUT2D eigenvalue weighted by Crippen LogP contribution is 2.23. The minimum absolute atomic E-state index is 0.0731. The summed E-state index contributed by atoms with van der Waals surface area (Å²) in [5, 5.41) is 18.7. The summed E-state index contributed by atoms with van der Waals surface area (Å²) >= 11 is 0. The predicted octanol–water partition coefficient (Wildman–Crippen LogP) is 1.21. The molecule has 94 valence electrons. The number of phenolic OH excluding ortho intramolecular Hbond substituents is 2. The lowest BCUT2D eigenvalue weighted by Crippen LogP contribution is -2.30. The number of amides is 1. The second-order valence-electron chi connectivity index (χ2n) is 3.63. The van der Waals surface area contributed by atoms with Gasteiger partial charge in [-0.1, -0.05) is 0 Å². The Balaban J connectivity index is 2.68. The number of likely N-dealkylation sites (N-methyl/N-ethyl adjacent to an activating group) is 1. The first-order chi connectivity index (χ1) is 8.06. The van der Waals surface area contributed by atoms with Crippen LogP contribution in [0.2, 0.25) is 0 Å². The first-order valence-electron chi connectivity index (χ1n) is 5.41. The summed E-state index contributed by atoms with van der Waals surface area (Å²) in [6.45, 7) is 3.39. The van der Waals surface area contributed by atoms with Crippen LogP contribution < -0.4 is 0 Å². The van der Waals surface area contributed by atoms with Crippen LogP contribution >= 0.6 is 0 Å². The third kappa shape index (κ3) is 3.64. The maximum Gasteiger partial charge on any atom is 0.257 e. The predicted molar refractivity (Wildman–Crippen MR) is 63.2 cm³/mol. The summed E-state index contributed by atoms with van der Waals surface area (Å²) in [5.74, 6) is -0.600. The molecule has 0 unspecified atom stereocenters. The van der Waals surface area contributed by atoms with Crippen LogP contribution in [0.1, 0.15) is 17.3 Å². The zero-order valence-electron chi connectivity index (χ0n) is 10.0. The Kier molecular flexibility index (Phi) is 4.78. The molecule has 0 spiro atoms. The Morgan fingerprint density at radius 2 is 2.12 bits per heavy atom. The standard InChI is InChI=1S/C12H17NO4/c1-3-17-7-6-13(2)12(16)10-5-4-9(14)8-11(10)15/h4-5,8,14-15H,3,6-7H2,1-2H3. The topological polar surface area (TPSA) is 70.0 Å². The molecular weight excluding hydrogens is 222 g/mol. The van der Waals surface area contributed by atoms with Gasteiger partial charge in [0.2, 0.25) is 0 Å². The van der Waals surface area contributed by atoms with Crippen LogP contribution in [0.25, 0.3) is 0 Å². The van der Waals surface area contributed by atoms with E-state index in [1.165, 1.54) is 17.0 Å². The molecule has 0 heterocycles. The van der Waals surface area contributed by atoms with Crippen molar-refractivity contribution in [3.8, 4) is 11.5 Å². The van der Waals surface area contributed by atoms with Gasteiger partial charge in [-0.2, -0.15) is 0 Å². The van der Waals surface area contributed by atoms with Gasteiger partial charge in [0.25, 0.3) is 5.91 Å². The number of benzene rings is 1. The van der Waals surface area contributed by atoms with E-state index < -0.39 is 0 Å². The van der Waals surface area contributed by atoms with Gasteiger partial charge in [0.15, 0.2) is 0 Å². The lowest BCUT2D eigenvalue weighted by molar-refractivity contribution is 0.0707. The molecule has 0 radical (unpaired) electrons. The van der Waals surface area contributed by atoms with Gasteiger partial charge < -0.3 is 19.8 Å². The summed E-state index contributed by atoms with van der Waals surface area (Å²) in [4.78, 5) is 13.4. The quantitative estimate of drug-likeness (QED) is 0.758. The normalized spacial score (nSPS) is 10.2. The summed E-state index contributed by atoms with van der Waals surface area (Å²) in [7, 11) is 1.63. The molecule has 0 aliphatic heterocycles. The van der Waals surface area contributed by atoms with Crippen molar-refractivity contribution < 1.29 is 19.7 Å². The molecule has 5 heteroatoms. The second kappa shape index (κ2) is 6.10.